The summed E-state index contributed by atoms with van der Waals surface area (Å²) in [5, 5.41) is 4.36. The molecule has 25 heavy (non-hydrogen) atoms. The quantitative estimate of drug-likeness (QED) is 0.879. The van der Waals surface area contributed by atoms with Crippen molar-refractivity contribution in [2.45, 2.75) is 32.2 Å². The summed E-state index contributed by atoms with van der Waals surface area (Å²) in [4.78, 5) is 22.9. The minimum Gasteiger partial charge on any atom is -0.368 e. The van der Waals surface area contributed by atoms with Gasteiger partial charge in [0.2, 0.25) is 0 Å². The van der Waals surface area contributed by atoms with Crippen LogP contribution in [0, 0.1) is 0 Å². The summed E-state index contributed by atoms with van der Waals surface area (Å²) in [6.07, 6.45) is 5.67. The molecule has 0 aliphatic carbocycles. The summed E-state index contributed by atoms with van der Waals surface area (Å²) in [6, 6.07) is 5.56. The Morgan fingerprint density at radius 2 is 2.24 bits per heavy atom. The van der Waals surface area contributed by atoms with Gasteiger partial charge < -0.3 is 10.2 Å². The molecule has 1 aromatic carbocycles. The Balaban J connectivity index is 1.70. The van der Waals surface area contributed by atoms with Crippen molar-refractivity contribution in [3.63, 3.8) is 0 Å². The lowest BCUT2D eigenvalue weighted by Crippen LogP contribution is -2.48. The van der Waals surface area contributed by atoms with Crippen molar-refractivity contribution in [1.29, 1.82) is 0 Å². The molecule has 1 aliphatic heterocycles. The highest BCUT2D eigenvalue weighted by Crippen LogP contribution is 2.30. The summed E-state index contributed by atoms with van der Waals surface area (Å²) < 4.78 is 0. The molecule has 2 heterocycles. The van der Waals surface area contributed by atoms with Gasteiger partial charge >= 0.3 is 0 Å². The summed E-state index contributed by atoms with van der Waals surface area (Å²) in [5.74, 6) is -0.119. The number of nitrogens with one attached hydrogen (secondary N) is 1. The predicted octanol–water partition coefficient (Wildman–Crippen LogP) is 3.74. The van der Waals surface area contributed by atoms with Gasteiger partial charge in [0.05, 0.1) is 22.0 Å². The number of amides is 1. The fourth-order valence-electron chi connectivity index (χ4n) is 3.14. The van der Waals surface area contributed by atoms with E-state index in [1.807, 2.05) is 19.1 Å². The summed E-state index contributed by atoms with van der Waals surface area (Å²) in [5.41, 5.74) is 2.26. The Morgan fingerprint density at radius 1 is 1.40 bits per heavy atom. The molecule has 0 radical (unpaired) electrons. The number of aryl methyl sites for hydroxylation is 1. The first-order chi connectivity index (χ1) is 12.1. The van der Waals surface area contributed by atoms with Crippen molar-refractivity contribution in [1.82, 2.24) is 15.3 Å². The summed E-state index contributed by atoms with van der Waals surface area (Å²) in [7, 11) is 0. The molecule has 1 unspecified atom stereocenters. The minimum atomic E-state index is -0.119. The molecule has 7 heteroatoms. The fraction of sp³-hybridized carbons (Fsp3) is 0.389. The Bertz CT molecular complexity index is 768. The molecule has 2 aromatic rings. The van der Waals surface area contributed by atoms with Gasteiger partial charge in [0.15, 0.2) is 0 Å². The largest absolute Gasteiger partial charge is 0.368 e. The number of carbonyl (C=O) groups is 1. The molecule has 1 amide bonds. The van der Waals surface area contributed by atoms with Gasteiger partial charge in [-0.1, -0.05) is 30.1 Å². The number of rotatable bonds is 4. The first-order valence-corrected chi connectivity index (χ1v) is 9.13. The monoisotopic (exact) mass is 378 g/mol. The molecule has 1 fully saturated rings. The second-order valence-corrected chi connectivity index (χ2v) is 6.93. The molecule has 1 aliphatic rings. The zero-order valence-corrected chi connectivity index (χ0v) is 15.5. The molecule has 132 valence electrons. The standard InChI is InChI=1S/C18H20Cl2N4O/c1-2-16-14(9-21-11-22-16)18(25)23-13-4-3-7-24(10-13)17-6-5-12(19)8-15(17)20/h5-6,8-9,11,13H,2-4,7,10H2,1H3,(H,23,25). The number of nitrogens with zero attached hydrogens (tertiary/aromatic N) is 3. The Hall–Kier alpha value is -1.85. The maximum Gasteiger partial charge on any atom is 0.254 e. The molecule has 0 bridgehead atoms. The van der Waals surface area contributed by atoms with Crippen LogP contribution in [0.1, 0.15) is 35.8 Å². The zero-order chi connectivity index (χ0) is 17.8. The Kier molecular flexibility index (Phi) is 5.76. The fourth-order valence-corrected chi connectivity index (χ4v) is 3.67. The smallest absolute Gasteiger partial charge is 0.254 e. The number of aromatic nitrogens is 2. The lowest BCUT2D eigenvalue weighted by atomic mass is 10.0. The zero-order valence-electron chi connectivity index (χ0n) is 14.0. The van der Waals surface area contributed by atoms with Gasteiger partial charge in [0, 0.05) is 30.4 Å². The second kappa shape index (κ2) is 8.02. The van der Waals surface area contributed by atoms with Gasteiger partial charge in [-0.3, -0.25) is 4.79 Å². The van der Waals surface area contributed by atoms with Crippen LogP contribution < -0.4 is 10.2 Å². The van der Waals surface area contributed by atoms with Crippen LogP contribution in [0.3, 0.4) is 0 Å². The van der Waals surface area contributed by atoms with E-state index < -0.39 is 0 Å². The van der Waals surface area contributed by atoms with Crippen molar-refractivity contribution in [2.75, 3.05) is 18.0 Å². The van der Waals surface area contributed by atoms with E-state index >= 15 is 0 Å². The minimum absolute atomic E-state index is 0.0536. The third-order valence-electron chi connectivity index (χ3n) is 4.38. The van der Waals surface area contributed by atoms with E-state index in [1.54, 1.807) is 12.3 Å². The van der Waals surface area contributed by atoms with Gasteiger partial charge in [-0.2, -0.15) is 0 Å². The topological polar surface area (TPSA) is 58.1 Å². The highest BCUT2D eigenvalue weighted by Gasteiger charge is 2.24. The molecule has 5 nitrogen and oxygen atoms in total. The van der Waals surface area contributed by atoms with E-state index in [-0.39, 0.29) is 11.9 Å². The molecule has 0 spiro atoms. The van der Waals surface area contributed by atoms with Crippen molar-refractivity contribution in [3.8, 4) is 0 Å². The maximum atomic E-state index is 12.6. The van der Waals surface area contributed by atoms with Gasteiger partial charge in [-0.05, 0) is 37.5 Å². The predicted molar refractivity (Wildman–Crippen MR) is 101 cm³/mol. The van der Waals surface area contributed by atoms with E-state index in [0.29, 0.717) is 28.6 Å². The van der Waals surface area contributed by atoms with Crippen LogP contribution >= 0.6 is 23.2 Å². The summed E-state index contributed by atoms with van der Waals surface area (Å²) in [6.45, 7) is 3.59. The van der Waals surface area contributed by atoms with Crippen LogP contribution in [0.25, 0.3) is 0 Å². The lowest BCUT2D eigenvalue weighted by molar-refractivity contribution is 0.0931. The second-order valence-electron chi connectivity index (χ2n) is 6.09. The van der Waals surface area contributed by atoms with Crippen LogP contribution in [0.5, 0.6) is 0 Å². The van der Waals surface area contributed by atoms with E-state index in [9.17, 15) is 4.79 Å². The number of hydrogen-bond acceptors (Lipinski definition) is 4. The van der Waals surface area contributed by atoms with Gasteiger partial charge in [-0.25, -0.2) is 9.97 Å². The van der Waals surface area contributed by atoms with E-state index in [0.717, 1.165) is 30.8 Å². The molecule has 1 atom stereocenters. The van der Waals surface area contributed by atoms with E-state index in [4.69, 9.17) is 23.2 Å². The van der Waals surface area contributed by atoms with Crippen LogP contribution in [0.4, 0.5) is 5.69 Å². The number of carbonyl (C=O) groups excluding carboxylic acids is 1. The van der Waals surface area contributed by atoms with Gasteiger partial charge in [0.1, 0.15) is 6.33 Å². The Morgan fingerprint density at radius 3 is 3.00 bits per heavy atom. The number of halogens is 2. The third kappa shape index (κ3) is 4.22. The molecule has 0 saturated carbocycles. The van der Waals surface area contributed by atoms with Gasteiger partial charge in [0.25, 0.3) is 5.91 Å². The van der Waals surface area contributed by atoms with Crippen molar-refractivity contribution >= 4 is 34.8 Å². The molecule has 1 aromatic heterocycles. The number of benzene rings is 1. The van der Waals surface area contributed by atoms with Crippen molar-refractivity contribution < 1.29 is 4.79 Å². The molecule has 1 N–H and O–H groups in total. The average molecular weight is 379 g/mol. The number of piperidine rings is 1. The lowest BCUT2D eigenvalue weighted by Gasteiger charge is -2.35. The molecule has 3 rings (SSSR count). The first-order valence-electron chi connectivity index (χ1n) is 8.38. The molecular weight excluding hydrogens is 359 g/mol. The summed E-state index contributed by atoms with van der Waals surface area (Å²) >= 11 is 12.3. The first kappa shape index (κ1) is 18.0. The SMILES string of the molecule is CCc1ncncc1C(=O)NC1CCCN(c2ccc(Cl)cc2Cl)C1. The molecule has 1 saturated heterocycles. The van der Waals surface area contributed by atoms with Crippen LogP contribution in [0.15, 0.2) is 30.7 Å². The number of anilines is 1. The highest BCUT2D eigenvalue weighted by atomic mass is 35.5. The average Bonchev–Trinajstić information content (AvgIpc) is 2.62. The van der Waals surface area contributed by atoms with Crippen molar-refractivity contribution in [2.24, 2.45) is 0 Å². The Labute approximate surface area is 157 Å². The van der Waals surface area contributed by atoms with Crippen LogP contribution in [-0.4, -0.2) is 35.0 Å². The molecular formula is C18H20Cl2N4O. The van der Waals surface area contributed by atoms with Crippen molar-refractivity contribution in [3.05, 3.63) is 52.0 Å². The highest BCUT2D eigenvalue weighted by molar-refractivity contribution is 6.36. The van der Waals surface area contributed by atoms with E-state index in [2.05, 4.69) is 20.2 Å². The van der Waals surface area contributed by atoms with E-state index in [1.165, 1.54) is 6.33 Å². The number of hydrogen-bond donors (Lipinski definition) is 1. The van der Waals surface area contributed by atoms with Crippen LogP contribution in [-0.2, 0) is 6.42 Å². The maximum absolute atomic E-state index is 12.6. The normalized spacial score (nSPS) is 17.4. The van der Waals surface area contributed by atoms with Gasteiger partial charge in [-0.15, -0.1) is 0 Å². The van der Waals surface area contributed by atoms with Crippen LogP contribution in [0.2, 0.25) is 10.0 Å². The third-order valence-corrected chi connectivity index (χ3v) is 4.92.